The molecule has 0 atom stereocenters. The first kappa shape index (κ1) is 24.7. The van der Waals surface area contributed by atoms with E-state index in [1.165, 1.54) is 37.7 Å². The Morgan fingerprint density at radius 3 is 2.47 bits per heavy atom. The van der Waals surface area contributed by atoms with Crippen molar-refractivity contribution in [1.29, 1.82) is 0 Å². The Kier molecular flexibility index (Phi) is 8.60. The van der Waals surface area contributed by atoms with Crippen LogP contribution in [0.3, 0.4) is 0 Å². The summed E-state index contributed by atoms with van der Waals surface area (Å²) in [6.45, 7) is 9.45. The van der Waals surface area contributed by atoms with Crippen LogP contribution in [0.4, 0.5) is 5.69 Å². The van der Waals surface area contributed by atoms with Gasteiger partial charge in [-0.25, -0.2) is 4.99 Å². The first-order valence-corrected chi connectivity index (χ1v) is 13.3. The van der Waals surface area contributed by atoms with E-state index in [1.54, 1.807) is 0 Å². The maximum absolute atomic E-state index is 13.2. The van der Waals surface area contributed by atoms with Gasteiger partial charge in [-0.05, 0) is 48.8 Å². The maximum Gasteiger partial charge on any atom is 0.163 e. The average Bonchev–Trinajstić information content (AvgIpc) is 3.04. The molecule has 1 saturated carbocycles. The molecule has 184 valence electrons. The van der Waals surface area contributed by atoms with Crippen molar-refractivity contribution in [2.75, 3.05) is 31.6 Å². The third-order valence-electron chi connectivity index (χ3n) is 7.21. The largest absolute Gasteiger partial charge is 0.378 e. The molecule has 0 amide bonds. The van der Waals surface area contributed by atoms with Gasteiger partial charge in [-0.15, -0.1) is 0 Å². The highest BCUT2D eigenvalue weighted by atomic mass is 16.5. The third-order valence-corrected chi connectivity index (χ3v) is 7.21. The van der Waals surface area contributed by atoms with E-state index in [0.29, 0.717) is 24.7 Å². The molecule has 1 N–H and O–H groups in total. The number of amidine groups is 1. The van der Waals surface area contributed by atoms with E-state index in [4.69, 9.17) is 9.73 Å². The summed E-state index contributed by atoms with van der Waals surface area (Å²) in [4.78, 5) is 20.6. The summed E-state index contributed by atoms with van der Waals surface area (Å²) in [5, 5.41) is 3.60. The van der Waals surface area contributed by atoms with Gasteiger partial charge in [-0.1, -0.05) is 58.2 Å². The summed E-state index contributed by atoms with van der Waals surface area (Å²) in [6.07, 6.45) is 10.8. The zero-order valence-electron chi connectivity index (χ0n) is 21.2. The van der Waals surface area contributed by atoms with Crippen LogP contribution in [0.1, 0.15) is 83.6 Å². The molecule has 1 aromatic rings. The molecule has 2 aliphatic heterocycles. The van der Waals surface area contributed by atoms with Crippen LogP contribution in [0.5, 0.6) is 0 Å². The number of benzene rings is 1. The predicted octanol–water partition coefficient (Wildman–Crippen LogP) is 6.44. The number of nitrogens with zero attached hydrogens (tertiary/aromatic N) is 2. The summed E-state index contributed by atoms with van der Waals surface area (Å²) < 4.78 is 5.56. The maximum atomic E-state index is 13.2. The van der Waals surface area contributed by atoms with Gasteiger partial charge in [-0.2, -0.15) is 0 Å². The van der Waals surface area contributed by atoms with Crippen molar-refractivity contribution >= 4 is 17.3 Å². The highest BCUT2D eigenvalue weighted by molar-refractivity contribution is 6.01. The number of Topliss-reactive ketones (excluding diaryl/α,β-unsaturated/α-hetero) is 1. The quantitative estimate of drug-likeness (QED) is 0.505. The monoisotopic (exact) mass is 463 g/mol. The number of carbonyl (C=O) groups excluding carboxylic acids is 1. The molecule has 4 rings (SSSR count). The fourth-order valence-electron chi connectivity index (χ4n) is 5.34. The summed E-state index contributed by atoms with van der Waals surface area (Å²) in [5.41, 5.74) is 4.33. The molecule has 0 spiro atoms. The summed E-state index contributed by atoms with van der Waals surface area (Å²) in [6, 6.07) is 8.90. The highest BCUT2D eigenvalue weighted by Gasteiger charge is 2.24. The first-order chi connectivity index (χ1) is 16.5. The number of carbonyl (C=O) groups is 1. The van der Waals surface area contributed by atoms with Crippen molar-refractivity contribution in [3.63, 3.8) is 0 Å². The van der Waals surface area contributed by atoms with Gasteiger partial charge in [0.25, 0.3) is 0 Å². The number of rotatable bonds is 7. The molecular formula is C29H41N3O2. The number of aliphatic imine (C=N–C) groups is 1. The Morgan fingerprint density at radius 2 is 1.82 bits per heavy atom. The van der Waals surface area contributed by atoms with Crippen LogP contribution in [-0.2, 0) is 9.53 Å². The van der Waals surface area contributed by atoms with E-state index in [9.17, 15) is 4.79 Å². The SMILES string of the molecule is CCC1=C(Nc2ccc(C3CCCCC3)cc2)N=C(N2CCOCC2)CC=C1C(=O)CC(C)C. The Morgan fingerprint density at radius 1 is 1.12 bits per heavy atom. The lowest BCUT2D eigenvalue weighted by molar-refractivity contribution is -0.116. The standard InChI is InChI=1S/C29H41N3O2/c1-4-25-26(27(33)20-21(2)3)14-15-28(32-16-18-34-19-17-32)31-29(25)30-24-12-10-23(11-13-24)22-8-6-5-7-9-22/h10-14,21-22,30H,4-9,15-20H2,1-3H3. The molecular weight excluding hydrogens is 422 g/mol. The molecule has 0 aromatic heterocycles. The van der Waals surface area contributed by atoms with Crippen LogP contribution in [0.15, 0.2) is 52.3 Å². The number of ketones is 1. The second-order valence-electron chi connectivity index (χ2n) is 10.2. The van der Waals surface area contributed by atoms with E-state index in [2.05, 4.69) is 61.3 Å². The van der Waals surface area contributed by atoms with Gasteiger partial charge >= 0.3 is 0 Å². The minimum Gasteiger partial charge on any atom is -0.378 e. The minimum atomic E-state index is 0.220. The number of allylic oxidation sites excluding steroid dienone is 2. The Hall–Kier alpha value is -2.40. The molecule has 0 bridgehead atoms. The summed E-state index contributed by atoms with van der Waals surface area (Å²) >= 11 is 0. The van der Waals surface area contributed by atoms with Crippen LogP contribution < -0.4 is 5.32 Å². The van der Waals surface area contributed by atoms with Crippen molar-refractivity contribution in [2.24, 2.45) is 10.9 Å². The van der Waals surface area contributed by atoms with Gasteiger partial charge in [0.15, 0.2) is 5.78 Å². The lowest BCUT2D eigenvalue weighted by Gasteiger charge is -2.29. The van der Waals surface area contributed by atoms with Crippen molar-refractivity contribution < 1.29 is 9.53 Å². The van der Waals surface area contributed by atoms with Crippen molar-refractivity contribution in [2.45, 2.75) is 78.1 Å². The van der Waals surface area contributed by atoms with Crippen molar-refractivity contribution in [3.05, 3.63) is 52.9 Å². The topological polar surface area (TPSA) is 53.9 Å². The molecule has 0 unspecified atom stereocenters. The third kappa shape index (κ3) is 6.18. The molecule has 1 saturated heterocycles. The molecule has 2 heterocycles. The van der Waals surface area contributed by atoms with Gasteiger partial charge < -0.3 is 15.0 Å². The second-order valence-corrected chi connectivity index (χ2v) is 10.2. The number of ether oxygens (including phenoxy) is 1. The normalized spacial score (nSPS) is 20.2. The Balaban J connectivity index is 1.63. The lowest BCUT2D eigenvalue weighted by Crippen LogP contribution is -2.40. The van der Waals surface area contributed by atoms with Crippen molar-refractivity contribution in [3.8, 4) is 0 Å². The van der Waals surface area contributed by atoms with Crippen LogP contribution >= 0.6 is 0 Å². The van der Waals surface area contributed by atoms with Crippen LogP contribution in [0.2, 0.25) is 0 Å². The molecule has 34 heavy (non-hydrogen) atoms. The lowest BCUT2D eigenvalue weighted by atomic mass is 9.84. The van der Waals surface area contributed by atoms with Gasteiger partial charge in [0.2, 0.25) is 0 Å². The van der Waals surface area contributed by atoms with Crippen LogP contribution in [0.25, 0.3) is 0 Å². The Bertz CT molecular complexity index is 931. The average molecular weight is 464 g/mol. The van der Waals surface area contributed by atoms with E-state index >= 15 is 0 Å². The van der Waals surface area contributed by atoms with Gasteiger partial charge in [0.1, 0.15) is 11.7 Å². The highest BCUT2D eigenvalue weighted by Crippen LogP contribution is 2.34. The summed E-state index contributed by atoms with van der Waals surface area (Å²) in [5.74, 6) is 3.08. The van der Waals surface area contributed by atoms with E-state index in [0.717, 1.165) is 61.2 Å². The molecule has 5 nitrogen and oxygen atoms in total. The number of nitrogens with one attached hydrogen (secondary N) is 1. The van der Waals surface area contributed by atoms with Gasteiger partial charge in [-0.3, -0.25) is 4.79 Å². The number of hydrogen-bond acceptors (Lipinski definition) is 5. The number of hydrogen-bond donors (Lipinski definition) is 1. The van der Waals surface area contributed by atoms with E-state index < -0.39 is 0 Å². The second kappa shape index (κ2) is 11.8. The molecule has 5 heteroatoms. The molecule has 1 aliphatic carbocycles. The van der Waals surface area contributed by atoms with Gasteiger partial charge in [0.05, 0.1) is 13.2 Å². The molecule has 1 aromatic carbocycles. The zero-order chi connectivity index (χ0) is 23.9. The van der Waals surface area contributed by atoms with Crippen molar-refractivity contribution in [1.82, 2.24) is 4.90 Å². The fraction of sp³-hybridized carbons (Fsp3) is 0.586. The van der Waals surface area contributed by atoms with E-state index in [-0.39, 0.29) is 5.78 Å². The summed E-state index contributed by atoms with van der Waals surface area (Å²) in [7, 11) is 0. The van der Waals surface area contributed by atoms with Crippen LogP contribution in [-0.4, -0.2) is 42.8 Å². The predicted molar refractivity (Wildman–Crippen MR) is 140 cm³/mol. The van der Waals surface area contributed by atoms with E-state index in [1.807, 2.05) is 0 Å². The molecule has 3 aliphatic rings. The zero-order valence-corrected chi connectivity index (χ0v) is 21.2. The van der Waals surface area contributed by atoms with Crippen LogP contribution in [0, 0.1) is 5.92 Å². The van der Waals surface area contributed by atoms with Gasteiger partial charge in [0, 0.05) is 42.8 Å². The number of anilines is 1. The Labute approximate surface area is 205 Å². The number of morpholine rings is 1. The first-order valence-electron chi connectivity index (χ1n) is 13.3. The fourth-order valence-corrected chi connectivity index (χ4v) is 5.34. The smallest absolute Gasteiger partial charge is 0.163 e. The molecule has 2 fully saturated rings. The molecule has 0 radical (unpaired) electrons. The minimum absolute atomic E-state index is 0.220.